The predicted octanol–water partition coefficient (Wildman–Crippen LogP) is 3.48. The number of methoxy groups -OCH3 is 1. The second kappa shape index (κ2) is 11.6. The van der Waals surface area contributed by atoms with Crippen LogP contribution >= 0.6 is 11.8 Å². The highest BCUT2D eigenvalue weighted by atomic mass is 32.2. The minimum absolute atomic E-state index is 0.220. The van der Waals surface area contributed by atoms with Crippen molar-refractivity contribution in [1.29, 1.82) is 5.26 Å². The monoisotopic (exact) mass is 454 g/mol. The van der Waals surface area contributed by atoms with Gasteiger partial charge in [0.05, 0.1) is 19.3 Å². The van der Waals surface area contributed by atoms with Gasteiger partial charge in [-0.1, -0.05) is 12.1 Å². The Hall–Kier alpha value is -3.77. The maximum atomic E-state index is 12.1. The zero-order valence-electron chi connectivity index (χ0n) is 17.8. The molecular weight excluding hydrogens is 432 g/mol. The fourth-order valence-corrected chi connectivity index (χ4v) is 3.76. The highest BCUT2D eigenvalue weighted by Gasteiger charge is 2.18. The standard InChI is InChI=1S/C23H22N2O6S/c1-4-30-19-11-15(9-16(12-24)22(25)27)10-17(21(19)31-14(2)26)13-32-20-8-6-5-7-18(20)23(28)29-3/h5-11H,4,13H2,1-3H3,(H2,25,27)/b16-9-. The lowest BCUT2D eigenvalue weighted by Crippen LogP contribution is -2.12. The first-order chi connectivity index (χ1) is 15.3. The Morgan fingerprint density at radius 2 is 1.94 bits per heavy atom. The molecule has 0 heterocycles. The lowest BCUT2D eigenvalue weighted by atomic mass is 10.1. The highest BCUT2D eigenvalue weighted by Crippen LogP contribution is 2.38. The van der Waals surface area contributed by atoms with E-state index in [9.17, 15) is 14.4 Å². The van der Waals surface area contributed by atoms with Crippen molar-refractivity contribution in [2.75, 3.05) is 13.7 Å². The van der Waals surface area contributed by atoms with Gasteiger partial charge >= 0.3 is 11.9 Å². The molecule has 2 aromatic carbocycles. The van der Waals surface area contributed by atoms with E-state index in [0.29, 0.717) is 28.2 Å². The van der Waals surface area contributed by atoms with E-state index in [1.807, 2.05) is 0 Å². The lowest BCUT2D eigenvalue weighted by molar-refractivity contribution is -0.132. The molecule has 0 unspecified atom stereocenters. The fraction of sp³-hybridized carbons (Fsp3) is 0.217. The summed E-state index contributed by atoms with van der Waals surface area (Å²) in [7, 11) is 1.30. The number of rotatable bonds is 9. The van der Waals surface area contributed by atoms with Crippen LogP contribution in [0, 0.1) is 11.3 Å². The molecule has 0 radical (unpaired) electrons. The summed E-state index contributed by atoms with van der Waals surface area (Å²) >= 11 is 1.33. The third-order valence-corrected chi connectivity index (χ3v) is 5.19. The second-order valence-corrected chi connectivity index (χ2v) is 7.36. The minimum Gasteiger partial charge on any atom is -0.490 e. The number of nitrogens with zero attached hydrogens (tertiary/aromatic N) is 1. The first-order valence-electron chi connectivity index (χ1n) is 9.50. The van der Waals surface area contributed by atoms with Crippen molar-refractivity contribution in [3.8, 4) is 17.6 Å². The number of amides is 1. The van der Waals surface area contributed by atoms with Gasteiger partial charge in [-0.2, -0.15) is 5.26 Å². The van der Waals surface area contributed by atoms with Gasteiger partial charge in [0.1, 0.15) is 11.6 Å². The van der Waals surface area contributed by atoms with Crippen LogP contribution in [-0.2, 0) is 20.1 Å². The Bertz CT molecular complexity index is 1100. The molecule has 0 atom stereocenters. The van der Waals surface area contributed by atoms with Gasteiger partial charge in [-0.15, -0.1) is 11.8 Å². The first-order valence-corrected chi connectivity index (χ1v) is 10.5. The minimum atomic E-state index is -0.863. The Kier molecular flexibility index (Phi) is 8.86. The van der Waals surface area contributed by atoms with Crippen LogP contribution in [-0.4, -0.2) is 31.6 Å². The smallest absolute Gasteiger partial charge is 0.338 e. The molecule has 0 bridgehead atoms. The molecule has 2 rings (SSSR count). The van der Waals surface area contributed by atoms with E-state index in [4.69, 9.17) is 25.2 Å². The number of benzene rings is 2. The highest BCUT2D eigenvalue weighted by molar-refractivity contribution is 7.98. The fourth-order valence-electron chi connectivity index (χ4n) is 2.75. The molecule has 166 valence electrons. The van der Waals surface area contributed by atoms with E-state index in [1.54, 1.807) is 49.4 Å². The van der Waals surface area contributed by atoms with Crippen molar-refractivity contribution in [2.24, 2.45) is 5.73 Å². The van der Waals surface area contributed by atoms with E-state index in [0.717, 1.165) is 0 Å². The van der Waals surface area contributed by atoms with Crippen LogP contribution in [0.25, 0.3) is 6.08 Å². The van der Waals surface area contributed by atoms with Crippen molar-refractivity contribution in [2.45, 2.75) is 24.5 Å². The SMILES string of the molecule is CCOc1cc(/C=C(/C#N)C(N)=O)cc(CSc2ccccc2C(=O)OC)c1OC(C)=O. The molecule has 0 saturated heterocycles. The summed E-state index contributed by atoms with van der Waals surface area (Å²) in [5.41, 5.74) is 6.43. The molecule has 0 aliphatic rings. The van der Waals surface area contributed by atoms with Crippen molar-refractivity contribution in [3.63, 3.8) is 0 Å². The van der Waals surface area contributed by atoms with Crippen LogP contribution in [0.2, 0.25) is 0 Å². The normalized spacial score (nSPS) is 10.8. The van der Waals surface area contributed by atoms with E-state index >= 15 is 0 Å². The zero-order valence-corrected chi connectivity index (χ0v) is 18.7. The molecule has 0 fully saturated rings. The first kappa shape index (κ1) is 24.5. The number of ether oxygens (including phenoxy) is 3. The van der Waals surface area contributed by atoms with Gasteiger partial charge in [0.25, 0.3) is 5.91 Å². The summed E-state index contributed by atoms with van der Waals surface area (Å²) in [4.78, 5) is 35.9. The molecule has 0 aromatic heterocycles. The van der Waals surface area contributed by atoms with Crippen molar-refractivity contribution in [3.05, 3.63) is 58.7 Å². The number of carbonyl (C=O) groups is 3. The van der Waals surface area contributed by atoms with E-state index < -0.39 is 17.8 Å². The third-order valence-electron chi connectivity index (χ3n) is 4.07. The Labute approximate surface area is 189 Å². The van der Waals surface area contributed by atoms with Gasteiger partial charge in [-0.05, 0) is 42.8 Å². The third kappa shape index (κ3) is 6.36. The Morgan fingerprint density at radius 3 is 2.53 bits per heavy atom. The molecule has 9 heteroatoms. The van der Waals surface area contributed by atoms with E-state index in [2.05, 4.69) is 0 Å². The lowest BCUT2D eigenvalue weighted by Gasteiger charge is -2.16. The number of hydrogen-bond donors (Lipinski definition) is 1. The van der Waals surface area contributed by atoms with Crippen molar-refractivity contribution < 1.29 is 28.6 Å². The molecular formula is C23H22N2O6S. The number of nitriles is 1. The van der Waals surface area contributed by atoms with Gasteiger partial charge < -0.3 is 19.9 Å². The molecule has 2 N–H and O–H groups in total. The van der Waals surface area contributed by atoms with Crippen molar-refractivity contribution >= 4 is 35.7 Å². The number of thioether (sulfide) groups is 1. The Morgan fingerprint density at radius 1 is 1.22 bits per heavy atom. The second-order valence-electron chi connectivity index (χ2n) is 6.34. The number of hydrogen-bond acceptors (Lipinski definition) is 8. The molecule has 2 aromatic rings. The summed E-state index contributed by atoms with van der Waals surface area (Å²) < 4.78 is 15.9. The average molecular weight is 455 g/mol. The summed E-state index contributed by atoms with van der Waals surface area (Å²) in [6, 6.07) is 11.9. The molecule has 0 aliphatic heterocycles. The van der Waals surface area contributed by atoms with Crippen LogP contribution in [0.4, 0.5) is 0 Å². The average Bonchev–Trinajstić information content (AvgIpc) is 2.77. The van der Waals surface area contributed by atoms with Crippen molar-refractivity contribution in [1.82, 2.24) is 0 Å². The summed E-state index contributed by atoms with van der Waals surface area (Å²) in [5.74, 6) is -1.09. The van der Waals surface area contributed by atoms with Crippen LogP contribution in [0.1, 0.15) is 35.3 Å². The molecule has 8 nitrogen and oxygen atoms in total. The maximum Gasteiger partial charge on any atom is 0.338 e. The van der Waals surface area contributed by atoms with E-state index in [-0.39, 0.29) is 22.8 Å². The van der Waals surface area contributed by atoms with Crippen LogP contribution < -0.4 is 15.2 Å². The van der Waals surface area contributed by atoms with E-state index in [1.165, 1.54) is 31.9 Å². The van der Waals surface area contributed by atoms with Gasteiger partial charge in [-0.3, -0.25) is 9.59 Å². The molecule has 0 saturated carbocycles. The number of carbonyl (C=O) groups excluding carboxylic acids is 3. The quantitative estimate of drug-likeness (QED) is 0.200. The zero-order chi connectivity index (χ0) is 23.7. The van der Waals surface area contributed by atoms with Gasteiger partial charge in [0.2, 0.25) is 0 Å². The molecule has 1 amide bonds. The van der Waals surface area contributed by atoms with Crippen LogP contribution in [0.15, 0.2) is 46.9 Å². The largest absolute Gasteiger partial charge is 0.490 e. The Balaban J connectivity index is 2.55. The van der Waals surface area contributed by atoms with Gasteiger partial charge in [0.15, 0.2) is 11.5 Å². The van der Waals surface area contributed by atoms with Gasteiger partial charge in [0, 0.05) is 23.1 Å². The van der Waals surface area contributed by atoms with Crippen LogP contribution in [0.5, 0.6) is 11.5 Å². The number of primary amides is 1. The topological polar surface area (TPSA) is 129 Å². The van der Waals surface area contributed by atoms with Gasteiger partial charge in [-0.25, -0.2) is 4.79 Å². The summed E-state index contributed by atoms with van der Waals surface area (Å²) in [5, 5.41) is 9.16. The van der Waals surface area contributed by atoms with Crippen LogP contribution in [0.3, 0.4) is 0 Å². The number of esters is 2. The number of nitrogens with two attached hydrogens (primary N) is 1. The summed E-state index contributed by atoms with van der Waals surface area (Å²) in [6.45, 7) is 3.33. The summed E-state index contributed by atoms with van der Waals surface area (Å²) in [6.07, 6.45) is 1.33. The molecule has 32 heavy (non-hydrogen) atoms. The molecule has 0 aliphatic carbocycles. The predicted molar refractivity (Wildman–Crippen MR) is 119 cm³/mol. The maximum absolute atomic E-state index is 12.1. The molecule has 0 spiro atoms.